The highest BCUT2D eigenvalue weighted by atomic mass is 32.2. The number of amides is 1. The fourth-order valence-electron chi connectivity index (χ4n) is 1.54. The van der Waals surface area contributed by atoms with Crippen molar-refractivity contribution in [1.29, 1.82) is 0 Å². The van der Waals surface area contributed by atoms with Crippen LogP contribution in [-0.4, -0.2) is 21.6 Å². The van der Waals surface area contributed by atoms with Gasteiger partial charge in [0.15, 0.2) is 0 Å². The molecule has 1 amide bonds. The molecule has 0 aliphatic heterocycles. The van der Waals surface area contributed by atoms with Crippen molar-refractivity contribution in [2.24, 2.45) is 0 Å². The maximum absolute atomic E-state index is 12.0. The molecule has 0 unspecified atom stereocenters. The SMILES string of the molecule is CCSc1cc(C(=O)NCc2csc(C)n2)ccn1. The minimum absolute atomic E-state index is 0.0917. The first kappa shape index (κ1) is 14.0. The average Bonchev–Trinajstić information content (AvgIpc) is 2.82. The molecule has 0 bridgehead atoms. The summed E-state index contributed by atoms with van der Waals surface area (Å²) in [5, 5.41) is 6.71. The van der Waals surface area contributed by atoms with Crippen molar-refractivity contribution in [3.63, 3.8) is 0 Å². The quantitative estimate of drug-likeness (QED) is 0.861. The molecule has 6 heteroatoms. The van der Waals surface area contributed by atoms with Crippen molar-refractivity contribution >= 4 is 29.0 Å². The Hall–Kier alpha value is -1.40. The van der Waals surface area contributed by atoms with Gasteiger partial charge < -0.3 is 5.32 Å². The zero-order valence-corrected chi connectivity index (χ0v) is 12.5. The molecule has 2 aromatic rings. The Morgan fingerprint density at radius 2 is 2.37 bits per heavy atom. The van der Waals surface area contributed by atoms with Gasteiger partial charge in [-0.25, -0.2) is 9.97 Å². The lowest BCUT2D eigenvalue weighted by atomic mass is 10.2. The van der Waals surface area contributed by atoms with Crippen molar-refractivity contribution in [1.82, 2.24) is 15.3 Å². The molecular formula is C13H15N3OS2. The fourth-order valence-corrected chi connectivity index (χ4v) is 2.79. The van der Waals surface area contributed by atoms with Crippen LogP contribution in [-0.2, 0) is 6.54 Å². The number of thioether (sulfide) groups is 1. The molecule has 0 radical (unpaired) electrons. The summed E-state index contributed by atoms with van der Waals surface area (Å²) in [5.74, 6) is 0.849. The standard InChI is InChI=1S/C13H15N3OS2/c1-3-18-12-6-10(4-5-14-12)13(17)15-7-11-8-19-9(2)16-11/h4-6,8H,3,7H2,1-2H3,(H,15,17). The highest BCUT2D eigenvalue weighted by Gasteiger charge is 2.07. The van der Waals surface area contributed by atoms with Crippen LogP contribution in [0.4, 0.5) is 0 Å². The van der Waals surface area contributed by atoms with E-state index < -0.39 is 0 Å². The van der Waals surface area contributed by atoms with Gasteiger partial charge in [-0.2, -0.15) is 0 Å². The Morgan fingerprint density at radius 1 is 1.53 bits per heavy atom. The van der Waals surface area contributed by atoms with Gasteiger partial charge in [0.2, 0.25) is 0 Å². The second-order valence-corrected chi connectivity index (χ2v) is 6.20. The molecule has 2 rings (SSSR count). The van der Waals surface area contributed by atoms with E-state index in [1.807, 2.05) is 18.4 Å². The van der Waals surface area contributed by atoms with E-state index in [1.165, 1.54) is 0 Å². The van der Waals surface area contributed by atoms with Gasteiger partial charge in [-0.1, -0.05) is 6.92 Å². The Kier molecular flexibility index (Phi) is 4.93. The molecule has 0 atom stereocenters. The van der Waals surface area contributed by atoms with E-state index in [9.17, 15) is 4.79 Å². The van der Waals surface area contributed by atoms with Crippen molar-refractivity contribution in [3.8, 4) is 0 Å². The van der Waals surface area contributed by atoms with Crippen LogP contribution in [0.3, 0.4) is 0 Å². The zero-order valence-electron chi connectivity index (χ0n) is 10.8. The molecule has 100 valence electrons. The normalized spacial score (nSPS) is 10.4. The average molecular weight is 293 g/mol. The number of thiazole rings is 1. The number of hydrogen-bond acceptors (Lipinski definition) is 5. The highest BCUT2D eigenvalue weighted by molar-refractivity contribution is 7.99. The lowest BCUT2D eigenvalue weighted by molar-refractivity contribution is 0.0950. The predicted molar refractivity (Wildman–Crippen MR) is 78.7 cm³/mol. The van der Waals surface area contributed by atoms with E-state index >= 15 is 0 Å². The number of pyridine rings is 1. The van der Waals surface area contributed by atoms with Gasteiger partial charge in [0, 0.05) is 17.1 Å². The molecule has 1 N–H and O–H groups in total. The fraction of sp³-hybridized carbons (Fsp3) is 0.308. The van der Waals surface area contributed by atoms with E-state index in [0.717, 1.165) is 21.5 Å². The molecule has 0 aliphatic carbocycles. The molecule has 0 spiro atoms. The summed E-state index contributed by atoms with van der Waals surface area (Å²) in [4.78, 5) is 20.5. The van der Waals surface area contributed by atoms with Gasteiger partial charge in [-0.15, -0.1) is 23.1 Å². The molecule has 0 saturated carbocycles. The van der Waals surface area contributed by atoms with Crippen LogP contribution >= 0.6 is 23.1 Å². The summed E-state index contributed by atoms with van der Waals surface area (Å²) in [5.41, 5.74) is 1.53. The smallest absolute Gasteiger partial charge is 0.251 e. The minimum Gasteiger partial charge on any atom is -0.346 e. The van der Waals surface area contributed by atoms with Crippen molar-refractivity contribution in [2.45, 2.75) is 25.4 Å². The van der Waals surface area contributed by atoms with E-state index in [-0.39, 0.29) is 5.91 Å². The van der Waals surface area contributed by atoms with Gasteiger partial charge in [0.25, 0.3) is 5.91 Å². The summed E-state index contributed by atoms with van der Waals surface area (Å²) in [7, 11) is 0. The molecule has 4 nitrogen and oxygen atoms in total. The Bertz CT molecular complexity index is 569. The number of nitrogens with zero attached hydrogens (tertiary/aromatic N) is 2. The van der Waals surface area contributed by atoms with Crippen LogP contribution in [0.2, 0.25) is 0 Å². The maximum Gasteiger partial charge on any atom is 0.251 e. The number of aryl methyl sites for hydroxylation is 1. The minimum atomic E-state index is -0.0917. The molecule has 0 fully saturated rings. The lowest BCUT2D eigenvalue weighted by Crippen LogP contribution is -2.23. The second-order valence-electron chi connectivity index (χ2n) is 3.86. The summed E-state index contributed by atoms with van der Waals surface area (Å²) in [6, 6.07) is 3.54. The first-order chi connectivity index (χ1) is 9.19. The third-order valence-electron chi connectivity index (χ3n) is 2.39. The first-order valence-electron chi connectivity index (χ1n) is 5.97. The van der Waals surface area contributed by atoms with Crippen molar-refractivity contribution in [3.05, 3.63) is 40.0 Å². The number of aromatic nitrogens is 2. The number of carbonyl (C=O) groups excluding carboxylic acids is 1. The lowest BCUT2D eigenvalue weighted by Gasteiger charge is -2.04. The van der Waals surface area contributed by atoms with Gasteiger partial charge in [0.1, 0.15) is 0 Å². The first-order valence-corrected chi connectivity index (χ1v) is 7.83. The molecular weight excluding hydrogens is 278 g/mol. The number of hydrogen-bond donors (Lipinski definition) is 1. The van der Waals surface area contributed by atoms with Crippen molar-refractivity contribution < 1.29 is 4.79 Å². The van der Waals surface area contributed by atoms with Gasteiger partial charge in [0.05, 0.1) is 22.3 Å². The zero-order chi connectivity index (χ0) is 13.7. The third-order valence-corrected chi connectivity index (χ3v) is 4.02. The summed E-state index contributed by atoms with van der Waals surface area (Å²) >= 11 is 3.21. The van der Waals surface area contributed by atoms with Crippen LogP contribution in [0.5, 0.6) is 0 Å². The number of carbonyl (C=O) groups is 1. The van der Waals surface area contributed by atoms with Crippen LogP contribution in [0.15, 0.2) is 28.7 Å². The van der Waals surface area contributed by atoms with E-state index in [2.05, 4.69) is 22.2 Å². The second kappa shape index (κ2) is 6.68. The Labute approximate surface area is 120 Å². The monoisotopic (exact) mass is 293 g/mol. The highest BCUT2D eigenvalue weighted by Crippen LogP contribution is 2.15. The molecule has 0 aromatic carbocycles. The summed E-state index contributed by atoms with van der Waals surface area (Å²) in [6.45, 7) is 4.47. The van der Waals surface area contributed by atoms with Gasteiger partial charge in [-0.3, -0.25) is 4.79 Å². The van der Waals surface area contributed by atoms with Crippen LogP contribution in [0.1, 0.15) is 28.0 Å². The van der Waals surface area contributed by atoms with Crippen LogP contribution in [0, 0.1) is 6.92 Å². The Balaban J connectivity index is 1.97. The van der Waals surface area contributed by atoms with E-state index in [4.69, 9.17) is 0 Å². The summed E-state index contributed by atoms with van der Waals surface area (Å²) < 4.78 is 0. The largest absolute Gasteiger partial charge is 0.346 e. The molecule has 2 heterocycles. The van der Waals surface area contributed by atoms with Crippen molar-refractivity contribution in [2.75, 3.05) is 5.75 Å². The molecule has 2 aromatic heterocycles. The Morgan fingerprint density at radius 3 is 3.05 bits per heavy atom. The van der Waals surface area contributed by atoms with Gasteiger partial charge >= 0.3 is 0 Å². The van der Waals surface area contributed by atoms with Crippen LogP contribution < -0.4 is 5.32 Å². The van der Waals surface area contributed by atoms with Crippen LogP contribution in [0.25, 0.3) is 0 Å². The summed E-state index contributed by atoms with van der Waals surface area (Å²) in [6.07, 6.45) is 1.67. The molecule has 0 saturated heterocycles. The van der Waals surface area contributed by atoms with Gasteiger partial charge in [-0.05, 0) is 24.8 Å². The predicted octanol–water partition coefficient (Wildman–Crippen LogP) is 2.89. The third kappa shape index (κ3) is 4.04. The molecule has 19 heavy (non-hydrogen) atoms. The number of nitrogens with one attached hydrogen (secondary N) is 1. The van der Waals surface area contributed by atoms with E-state index in [0.29, 0.717) is 12.1 Å². The maximum atomic E-state index is 12.0. The number of rotatable bonds is 5. The molecule has 0 aliphatic rings. The van der Waals surface area contributed by atoms with E-state index in [1.54, 1.807) is 35.4 Å². The topological polar surface area (TPSA) is 54.9 Å².